The summed E-state index contributed by atoms with van der Waals surface area (Å²) in [4.78, 5) is 0. The third-order valence-corrected chi connectivity index (χ3v) is 3.24. The van der Waals surface area contributed by atoms with E-state index in [-0.39, 0.29) is 6.10 Å². The van der Waals surface area contributed by atoms with E-state index in [0.29, 0.717) is 0 Å². The quantitative estimate of drug-likeness (QED) is 0.687. The van der Waals surface area contributed by atoms with Crippen LogP contribution in [0.5, 0.6) is 0 Å². The highest BCUT2D eigenvalue weighted by atomic mass is 16.3. The van der Waals surface area contributed by atoms with Crippen LogP contribution >= 0.6 is 0 Å². The van der Waals surface area contributed by atoms with Crippen LogP contribution in [0.2, 0.25) is 0 Å². The van der Waals surface area contributed by atoms with Crippen LogP contribution in [-0.4, -0.2) is 11.2 Å². The van der Waals surface area contributed by atoms with Gasteiger partial charge in [-0.25, -0.2) is 0 Å². The summed E-state index contributed by atoms with van der Waals surface area (Å²) in [6, 6.07) is 0. The molecule has 0 aromatic carbocycles. The van der Waals surface area contributed by atoms with Crippen LogP contribution in [0.15, 0.2) is 0 Å². The Kier molecular flexibility index (Phi) is 4.07. The van der Waals surface area contributed by atoms with E-state index >= 15 is 0 Å². The molecular formula is C11H22O. The third kappa shape index (κ3) is 3.14. The first-order valence-corrected chi connectivity index (χ1v) is 5.38. The van der Waals surface area contributed by atoms with Crippen molar-refractivity contribution in [2.75, 3.05) is 0 Å². The number of rotatable bonds is 4. The fourth-order valence-corrected chi connectivity index (χ4v) is 2.27. The molecule has 0 bridgehead atoms. The Balaban J connectivity index is 2.13. The number of hydrogen-bond donors (Lipinski definition) is 1. The van der Waals surface area contributed by atoms with E-state index in [4.69, 9.17) is 5.11 Å². The summed E-state index contributed by atoms with van der Waals surface area (Å²) >= 11 is 0. The van der Waals surface area contributed by atoms with Crippen LogP contribution in [-0.2, 0) is 0 Å². The van der Waals surface area contributed by atoms with Crippen LogP contribution in [0.1, 0.15) is 52.4 Å². The lowest BCUT2D eigenvalue weighted by atomic mass is 9.88. The summed E-state index contributed by atoms with van der Waals surface area (Å²) in [5, 5.41) is 9.14. The molecule has 0 aliphatic heterocycles. The summed E-state index contributed by atoms with van der Waals surface area (Å²) in [6.45, 7) is 4.24. The maximum Gasteiger partial charge on any atom is 0.0512 e. The van der Waals surface area contributed by atoms with Gasteiger partial charge in [-0.15, -0.1) is 0 Å². The molecule has 0 radical (unpaired) electrons. The Hall–Kier alpha value is -0.0400. The minimum absolute atomic E-state index is 0.103. The highest BCUT2D eigenvalue weighted by Crippen LogP contribution is 2.33. The summed E-state index contributed by atoms with van der Waals surface area (Å²) in [5.41, 5.74) is 0. The SMILES string of the molecule is C[C@H](O)CC[C@@H](C)C1CCCC1. The molecule has 72 valence electrons. The van der Waals surface area contributed by atoms with Gasteiger partial charge >= 0.3 is 0 Å². The van der Waals surface area contributed by atoms with Gasteiger partial charge in [-0.3, -0.25) is 0 Å². The van der Waals surface area contributed by atoms with Crippen LogP contribution in [0.4, 0.5) is 0 Å². The molecule has 1 aliphatic carbocycles. The molecule has 1 heteroatoms. The van der Waals surface area contributed by atoms with E-state index < -0.39 is 0 Å². The van der Waals surface area contributed by atoms with Crippen molar-refractivity contribution in [1.29, 1.82) is 0 Å². The van der Waals surface area contributed by atoms with Gasteiger partial charge in [0.2, 0.25) is 0 Å². The molecule has 1 aliphatic rings. The molecule has 1 saturated carbocycles. The zero-order valence-corrected chi connectivity index (χ0v) is 8.42. The Morgan fingerprint density at radius 1 is 1.17 bits per heavy atom. The molecule has 1 nitrogen and oxygen atoms in total. The molecule has 0 aromatic rings. The second-order valence-electron chi connectivity index (χ2n) is 4.45. The molecule has 0 unspecified atom stereocenters. The standard InChI is InChI=1S/C11H22O/c1-9(7-8-10(2)12)11-5-3-4-6-11/h9-12H,3-8H2,1-2H3/t9-,10+/m1/s1. The maximum atomic E-state index is 9.14. The van der Waals surface area contributed by atoms with Gasteiger partial charge < -0.3 is 5.11 Å². The lowest BCUT2D eigenvalue weighted by molar-refractivity contribution is 0.167. The first-order valence-electron chi connectivity index (χ1n) is 5.38. The van der Waals surface area contributed by atoms with Crippen molar-refractivity contribution in [2.45, 2.75) is 58.5 Å². The first-order chi connectivity index (χ1) is 5.70. The van der Waals surface area contributed by atoms with Gasteiger partial charge in [0.1, 0.15) is 0 Å². The van der Waals surface area contributed by atoms with Gasteiger partial charge in [0.15, 0.2) is 0 Å². The summed E-state index contributed by atoms with van der Waals surface area (Å²) in [5.74, 6) is 1.80. The minimum atomic E-state index is -0.103. The van der Waals surface area contributed by atoms with Gasteiger partial charge in [-0.2, -0.15) is 0 Å². The second-order valence-corrected chi connectivity index (χ2v) is 4.45. The van der Waals surface area contributed by atoms with Crippen molar-refractivity contribution in [2.24, 2.45) is 11.8 Å². The maximum absolute atomic E-state index is 9.14. The van der Waals surface area contributed by atoms with Crippen LogP contribution < -0.4 is 0 Å². The van der Waals surface area contributed by atoms with Gasteiger partial charge in [-0.1, -0.05) is 32.6 Å². The summed E-state index contributed by atoms with van der Waals surface area (Å²) in [7, 11) is 0. The average Bonchev–Trinajstić information content (AvgIpc) is 2.51. The lowest BCUT2D eigenvalue weighted by Gasteiger charge is -2.19. The van der Waals surface area contributed by atoms with E-state index in [9.17, 15) is 0 Å². The van der Waals surface area contributed by atoms with E-state index in [1.807, 2.05) is 6.92 Å². The lowest BCUT2D eigenvalue weighted by Crippen LogP contribution is -2.10. The van der Waals surface area contributed by atoms with Crippen molar-refractivity contribution in [1.82, 2.24) is 0 Å². The van der Waals surface area contributed by atoms with E-state index in [1.165, 1.54) is 32.1 Å². The average molecular weight is 170 g/mol. The Labute approximate surface area is 76.2 Å². The highest BCUT2D eigenvalue weighted by Gasteiger charge is 2.21. The Bertz CT molecular complexity index is 114. The zero-order chi connectivity index (χ0) is 8.97. The van der Waals surface area contributed by atoms with Crippen molar-refractivity contribution < 1.29 is 5.11 Å². The van der Waals surface area contributed by atoms with Crippen molar-refractivity contribution in [3.05, 3.63) is 0 Å². The predicted molar refractivity (Wildman–Crippen MR) is 52.0 cm³/mol. The first kappa shape index (κ1) is 10.0. The van der Waals surface area contributed by atoms with Crippen molar-refractivity contribution in [3.63, 3.8) is 0 Å². The molecule has 1 N–H and O–H groups in total. The molecule has 0 amide bonds. The third-order valence-electron chi connectivity index (χ3n) is 3.24. The molecule has 1 rings (SSSR count). The van der Waals surface area contributed by atoms with E-state index in [0.717, 1.165) is 18.3 Å². The predicted octanol–water partition coefficient (Wildman–Crippen LogP) is 2.97. The van der Waals surface area contributed by atoms with Crippen LogP contribution in [0, 0.1) is 11.8 Å². The second kappa shape index (κ2) is 4.86. The molecular weight excluding hydrogens is 148 g/mol. The largest absolute Gasteiger partial charge is 0.393 e. The van der Waals surface area contributed by atoms with Gasteiger partial charge in [0.05, 0.1) is 6.10 Å². The Morgan fingerprint density at radius 3 is 2.25 bits per heavy atom. The molecule has 1 fully saturated rings. The molecule has 12 heavy (non-hydrogen) atoms. The Morgan fingerprint density at radius 2 is 1.75 bits per heavy atom. The number of aliphatic hydroxyl groups is 1. The minimum Gasteiger partial charge on any atom is -0.393 e. The smallest absolute Gasteiger partial charge is 0.0512 e. The summed E-state index contributed by atoms with van der Waals surface area (Å²) in [6.07, 6.45) is 7.82. The molecule has 2 atom stereocenters. The fraction of sp³-hybridized carbons (Fsp3) is 1.00. The normalized spacial score (nSPS) is 24.2. The molecule has 0 spiro atoms. The van der Waals surface area contributed by atoms with E-state index in [2.05, 4.69) is 6.92 Å². The monoisotopic (exact) mass is 170 g/mol. The molecule has 0 aromatic heterocycles. The molecule has 0 saturated heterocycles. The highest BCUT2D eigenvalue weighted by molar-refractivity contribution is 4.73. The number of hydrogen-bond acceptors (Lipinski definition) is 1. The topological polar surface area (TPSA) is 20.2 Å². The summed E-state index contributed by atoms with van der Waals surface area (Å²) < 4.78 is 0. The van der Waals surface area contributed by atoms with Crippen LogP contribution in [0.25, 0.3) is 0 Å². The fourth-order valence-electron chi connectivity index (χ4n) is 2.27. The van der Waals surface area contributed by atoms with E-state index in [1.54, 1.807) is 0 Å². The van der Waals surface area contributed by atoms with Gasteiger partial charge in [0, 0.05) is 0 Å². The van der Waals surface area contributed by atoms with Gasteiger partial charge in [0.25, 0.3) is 0 Å². The van der Waals surface area contributed by atoms with Crippen molar-refractivity contribution >= 4 is 0 Å². The zero-order valence-electron chi connectivity index (χ0n) is 8.42. The molecule has 0 heterocycles. The van der Waals surface area contributed by atoms with Crippen molar-refractivity contribution in [3.8, 4) is 0 Å². The van der Waals surface area contributed by atoms with Crippen LogP contribution in [0.3, 0.4) is 0 Å². The van der Waals surface area contributed by atoms with Gasteiger partial charge in [-0.05, 0) is 31.6 Å². The number of aliphatic hydroxyl groups excluding tert-OH is 1.